The zero-order valence-electron chi connectivity index (χ0n) is 19.9. The molecule has 0 aliphatic rings. The van der Waals surface area contributed by atoms with Crippen LogP contribution >= 0.6 is 0 Å². The molecule has 0 fully saturated rings. The van der Waals surface area contributed by atoms with Crippen molar-refractivity contribution in [2.45, 2.75) is 51.5 Å². The highest BCUT2D eigenvalue weighted by atomic mass is 16.5. The molecule has 1 atom stereocenters. The molecular weight excluding hydrogens is 394 g/mol. The number of benzene rings is 3. The molecule has 0 amide bonds. The predicted molar refractivity (Wildman–Crippen MR) is 133 cm³/mol. The Morgan fingerprint density at radius 2 is 1.34 bits per heavy atom. The van der Waals surface area contributed by atoms with Crippen LogP contribution in [0.25, 0.3) is 0 Å². The Morgan fingerprint density at radius 3 is 1.81 bits per heavy atom. The van der Waals surface area contributed by atoms with E-state index in [9.17, 15) is 4.79 Å². The first-order valence-corrected chi connectivity index (χ1v) is 11.1. The highest BCUT2D eigenvalue weighted by Gasteiger charge is 2.50. The van der Waals surface area contributed by atoms with Crippen LogP contribution in [-0.4, -0.2) is 24.3 Å². The summed E-state index contributed by atoms with van der Waals surface area (Å²) in [5.74, 6) is 0.0321. The van der Waals surface area contributed by atoms with Crippen molar-refractivity contribution in [1.82, 2.24) is 0 Å². The number of hydrogen-bond donors (Lipinski definition) is 0. The van der Waals surface area contributed by atoms with Crippen LogP contribution in [0.3, 0.4) is 0 Å². The molecule has 3 rings (SSSR count). The van der Waals surface area contributed by atoms with E-state index in [1.165, 1.54) is 12.7 Å². The minimum Gasteiger partial charge on any atom is -0.467 e. The predicted octanol–water partition coefficient (Wildman–Crippen LogP) is 6.56. The largest absolute Gasteiger partial charge is 0.467 e. The lowest BCUT2D eigenvalue weighted by atomic mass is 9.68. The Balaban J connectivity index is 2.26. The number of methoxy groups -OCH3 is 1. The van der Waals surface area contributed by atoms with Gasteiger partial charge >= 0.3 is 5.97 Å². The molecule has 0 saturated carbocycles. The van der Waals surface area contributed by atoms with Crippen molar-refractivity contribution in [2.24, 2.45) is 4.99 Å². The van der Waals surface area contributed by atoms with Gasteiger partial charge < -0.3 is 4.74 Å². The summed E-state index contributed by atoms with van der Waals surface area (Å²) in [4.78, 5) is 18.5. The van der Waals surface area contributed by atoms with Crippen LogP contribution in [0.5, 0.6) is 0 Å². The third-order valence-corrected chi connectivity index (χ3v) is 6.50. The second-order valence-electron chi connectivity index (χ2n) is 9.16. The topological polar surface area (TPSA) is 38.7 Å². The van der Waals surface area contributed by atoms with Gasteiger partial charge in [0.15, 0.2) is 5.54 Å². The van der Waals surface area contributed by atoms with Crippen molar-refractivity contribution >= 4 is 11.7 Å². The average molecular weight is 428 g/mol. The SMILES string of the molecule is COC(=O)C(C)(N=C(c1ccccc1)c1ccccc1)C(C)(C)c1cccc(C(C)C)c1. The monoisotopic (exact) mass is 427 g/mol. The first-order chi connectivity index (χ1) is 15.2. The Kier molecular flexibility index (Phi) is 6.98. The van der Waals surface area contributed by atoms with Crippen LogP contribution in [0.4, 0.5) is 0 Å². The van der Waals surface area contributed by atoms with Gasteiger partial charge in [-0.25, -0.2) is 4.79 Å². The summed E-state index contributed by atoms with van der Waals surface area (Å²) in [6, 6.07) is 28.4. The second kappa shape index (κ2) is 9.52. The highest BCUT2D eigenvalue weighted by molar-refractivity contribution is 6.14. The summed E-state index contributed by atoms with van der Waals surface area (Å²) in [5.41, 5.74) is 3.20. The number of nitrogens with zero attached hydrogens (tertiary/aromatic N) is 1. The molecule has 0 radical (unpaired) electrons. The smallest absolute Gasteiger partial charge is 0.334 e. The summed E-state index contributed by atoms with van der Waals surface area (Å²) >= 11 is 0. The van der Waals surface area contributed by atoms with E-state index in [0.29, 0.717) is 5.92 Å². The van der Waals surface area contributed by atoms with E-state index in [4.69, 9.17) is 9.73 Å². The van der Waals surface area contributed by atoms with Gasteiger partial charge in [-0.3, -0.25) is 4.99 Å². The number of carbonyl (C=O) groups excluding carboxylic acids is 1. The molecule has 0 bridgehead atoms. The van der Waals surface area contributed by atoms with Crippen molar-refractivity contribution in [3.63, 3.8) is 0 Å². The molecule has 32 heavy (non-hydrogen) atoms. The first-order valence-electron chi connectivity index (χ1n) is 11.1. The number of hydrogen-bond acceptors (Lipinski definition) is 3. The lowest BCUT2D eigenvalue weighted by Crippen LogP contribution is -2.51. The van der Waals surface area contributed by atoms with Crippen molar-refractivity contribution in [3.05, 3.63) is 107 Å². The van der Waals surface area contributed by atoms with E-state index in [1.54, 1.807) is 0 Å². The van der Waals surface area contributed by atoms with E-state index >= 15 is 0 Å². The summed E-state index contributed by atoms with van der Waals surface area (Å²) in [5, 5.41) is 0. The molecule has 0 saturated heterocycles. The highest BCUT2D eigenvalue weighted by Crippen LogP contribution is 2.40. The van der Waals surface area contributed by atoms with Crippen molar-refractivity contribution in [3.8, 4) is 0 Å². The van der Waals surface area contributed by atoms with Gasteiger partial charge in [0.05, 0.1) is 12.8 Å². The van der Waals surface area contributed by atoms with Gasteiger partial charge in [-0.1, -0.05) is 113 Å². The summed E-state index contributed by atoms with van der Waals surface area (Å²) < 4.78 is 5.33. The van der Waals surface area contributed by atoms with Gasteiger partial charge in [-0.2, -0.15) is 0 Å². The molecule has 0 aromatic heterocycles. The average Bonchev–Trinajstić information content (AvgIpc) is 2.82. The zero-order chi connectivity index (χ0) is 23.4. The number of ether oxygens (including phenoxy) is 1. The van der Waals surface area contributed by atoms with Gasteiger partial charge in [0.1, 0.15) is 0 Å². The van der Waals surface area contributed by atoms with E-state index in [-0.39, 0.29) is 5.97 Å². The molecule has 1 unspecified atom stereocenters. The maximum absolute atomic E-state index is 13.3. The van der Waals surface area contributed by atoms with Gasteiger partial charge in [0.25, 0.3) is 0 Å². The third kappa shape index (κ3) is 4.52. The van der Waals surface area contributed by atoms with Gasteiger partial charge in [-0.05, 0) is 24.0 Å². The first kappa shape index (κ1) is 23.5. The van der Waals surface area contributed by atoms with Gasteiger partial charge in [0, 0.05) is 16.5 Å². The number of rotatable bonds is 7. The van der Waals surface area contributed by atoms with Crippen molar-refractivity contribution in [2.75, 3.05) is 7.11 Å². The normalized spacial score (nSPS) is 13.3. The van der Waals surface area contributed by atoms with Crippen LogP contribution in [0.1, 0.15) is 62.8 Å². The second-order valence-corrected chi connectivity index (χ2v) is 9.16. The fourth-order valence-corrected chi connectivity index (χ4v) is 3.92. The third-order valence-electron chi connectivity index (χ3n) is 6.50. The molecule has 3 nitrogen and oxygen atoms in total. The van der Waals surface area contributed by atoms with Gasteiger partial charge in [0.2, 0.25) is 0 Å². The Bertz CT molecular complexity index is 1040. The van der Waals surface area contributed by atoms with E-state index < -0.39 is 11.0 Å². The van der Waals surface area contributed by atoms with Crippen LogP contribution < -0.4 is 0 Å². The van der Waals surface area contributed by atoms with Crippen molar-refractivity contribution < 1.29 is 9.53 Å². The van der Waals surface area contributed by atoms with Crippen LogP contribution in [0, 0.1) is 0 Å². The van der Waals surface area contributed by atoms with Crippen molar-refractivity contribution in [1.29, 1.82) is 0 Å². The Hall–Kier alpha value is -3.20. The number of esters is 1. The molecule has 3 aromatic carbocycles. The lowest BCUT2D eigenvalue weighted by Gasteiger charge is -2.40. The lowest BCUT2D eigenvalue weighted by molar-refractivity contribution is -0.148. The minimum absolute atomic E-state index is 0.359. The van der Waals surface area contributed by atoms with E-state index in [0.717, 1.165) is 22.4 Å². The van der Waals surface area contributed by atoms with E-state index in [1.807, 2.05) is 67.6 Å². The molecule has 166 valence electrons. The molecule has 0 heterocycles. The minimum atomic E-state index is -1.15. The zero-order valence-corrected chi connectivity index (χ0v) is 19.9. The Morgan fingerprint density at radius 1 is 0.812 bits per heavy atom. The fourth-order valence-electron chi connectivity index (χ4n) is 3.92. The molecule has 0 N–H and O–H groups in total. The van der Waals surface area contributed by atoms with Crippen LogP contribution in [0.15, 0.2) is 89.9 Å². The molecular formula is C29H33NO2. The fraction of sp³-hybridized carbons (Fsp3) is 0.310. The molecule has 3 aromatic rings. The van der Waals surface area contributed by atoms with Crippen LogP contribution in [-0.2, 0) is 14.9 Å². The summed E-state index contributed by atoms with van der Waals surface area (Å²) in [7, 11) is 1.43. The summed E-state index contributed by atoms with van der Waals surface area (Å²) in [6.07, 6.45) is 0. The maximum atomic E-state index is 13.3. The summed E-state index contributed by atoms with van der Waals surface area (Å²) in [6.45, 7) is 10.4. The van der Waals surface area contributed by atoms with Gasteiger partial charge in [-0.15, -0.1) is 0 Å². The van der Waals surface area contributed by atoms with Crippen LogP contribution in [0.2, 0.25) is 0 Å². The molecule has 0 aliphatic heterocycles. The maximum Gasteiger partial charge on any atom is 0.334 e. The number of carbonyl (C=O) groups is 1. The molecule has 3 heteroatoms. The molecule has 0 aliphatic carbocycles. The molecule has 0 spiro atoms. The standard InChI is InChI=1S/C29H33NO2/c1-21(2)24-18-13-19-25(20-24)28(3,4)29(5,27(31)32-6)30-26(22-14-9-7-10-15-22)23-16-11-8-12-17-23/h7-21H,1-6H3. The Labute approximate surface area is 192 Å². The number of aliphatic imine (C=N–C) groups is 1. The van der Waals surface area contributed by atoms with E-state index in [2.05, 4.69) is 52.0 Å². The quantitative estimate of drug-likeness (QED) is 0.316.